The Morgan fingerprint density at radius 1 is 1.22 bits per heavy atom. The summed E-state index contributed by atoms with van der Waals surface area (Å²) in [5, 5.41) is 6.34. The Kier molecular flexibility index (Phi) is 7.04. The number of methoxy groups -OCH3 is 1. The van der Waals surface area contributed by atoms with Crippen molar-refractivity contribution in [2.45, 2.75) is 32.2 Å². The number of hydrogen-bond donors (Lipinski definition) is 2. The van der Waals surface area contributed by atoms with Crippen LogP contribution in [0.2, 0.25) is 0 Å². The van der Waals surface area contributed by atoms with Crippen LogP contribution in [0.1, 0.15) is 31.2 Å². The number of amides is 1. The van der Waals surface area contributed by atoms with E-state index in [9.17, 15) is 4.79 Å². The molecule has 1 aromatic carbocycles. The van der Waals surface area contributed by atoms with E-state index in [0.29, 0.717) is 30.5 Å². The average Bonchev–Trinajstić information content (AvgIpc) is 2.72. The van der Waals surface area contributed by atoms with Gasteiger partial charge in [-0.3, -0.25) is 4.79 Å². The van der Waals surface area contributed by atoms with Gasteiger partial charge < -0.3 is 20.1 Å². The first kappa shape index (κ1) is 19.2. The molecule has 0 atom stereocenters. The van der Waals surface area contributed by atoms with E-state index in [0.717, 1.165) is 43.7 Å². The molecule has 6 nitrogen and oxygen atoms in total. The van der Waals surface area contributed by atoms with Gasteiger partial charge in [0.25, 0.3) is 0 Å². The maximum Gasteiger partial charge on any atom is 0.224 e. The Balaban J connectivity index is 1.53. The quantitative estimate of drug-likeness (QED) is 0.747. The van der Waals surface area contributed by atoms with E-state index in [2.05, 4.69) is 15.6 Å². The number of ether oxygens (including phenoxy) is 2. The van der Waals surface area contributed by atoms with Crippen LogP contribution in [0.3, 0.4) is 0 Å². The van der Waals surface area contributed by atoms with Crippen LogP contribution >= 0.6 is 0 Å². The molecule has 3 rings (SSSR count). The van der Waals surface area contributed by atoms with Crippen LogP contribution in [0.25, 0.3) is 0 Å². The van der Waals surface area contributed by atoms with Crippen LogP contribution in [0.5, 0.6) is 17.4 Å². The first-order chi connectivity index (χ1) is 13.2. The number of rotatable bonds is 8. The lowest BCUT2D eigenvalue weighted by Gasteiger charge is -2.22. The number of nitrogens with zero attached hydrogens (tertiary/aromatic N) is 1. The van der Waals surface area contributed by atoms with Gasteiger partial charge in [0.2, 0.25) is 11.8 Å². The molecule has 1 amide bonds. The smallest absolute Gasteiger partial charge is 0.224 e. The van der Waals surface area contributed by atoms with Gasteiger partial charge in [0, 0.05) is 30.8 Å². The molecule has 0 bridgehead atoms. The number of carbonyl (C=O) groups is 1. The number of carbonyl (C=O) groups excluding carboxylic acids is 1. The Labute approximate surface area is 160 Å². The molecule has 0 saturated carbocycles. The van der Waals surface area contributed by atoms with Crippen LogP contribution in [0.15, 0.2) is 42.6 Å². The summed E-state index contributed by atoms with van der Waals surface area (Å²) in [6.07, 6.45) is 5.52. The molecule has 0 radical (unpaired) electrons. The molecule has 0 aliphatic carbocycles. The van der Waals surface area contributed by atoms with Crippen LogP contribution in [-0.4, -0.2) is 31.1 Å². The molecule has 6 heteroatoms. The van der Waals surface area contributed by atoms with Gasteiger partial charge in [0.1, 0.15) is 11.5 Å². The van der Waals surface area contributed by atoms with Crippen molar-refractivity contribution in [1.29, 1.82) is 0 Å². The minimum absolute atomic E-state index is 0.0738. The fourth-order valence-electron chi connectivity index (χ4n) is 3.21. The Morgan fingerprint density at radius 2 is 2.04 bits per heavy atom. The summed E-state index contributed by atoms with van der Waals surface area (Å²) in [6, 6.07) is 11.1. The monoisotopic (exact) mass is 369 g/mol. The van der Waals surface area contributed by atoms with E-state index in [4.69, 9.17) is 9.47 Å². The van der Waals surface area contributed by atoms with Crippen molar-refractivity contribution in [3.05, 3.63) is 48.2 Å². The number of piperidine rings is 1. The van der Waals surface area contributed by atoms with E-state index in [1.807, 2.05) is 30.3 Å². The zero-order valence-electron chi connectivity index (χ0n) is 15.7. The van der Waals surface area contributed by atoms with Crippen molar-refractivity contribution in [2.24, 2.45) is 5.92 Å². The van der Waals surface area contributed by atoms with Crippen LogP contribution in [0, 0.1) is 5.92 Å². The van der Waals surface area contributed by atoms with Crippen molar-refractivity contribution in [3.63, 3.8) is 0 Å². The highest BCUT2D eigenvalue weighted by molar-refractivity contribution is 5.75. The summed E-state index contributed by atoms with van der Waals surface area (Å²) in [5.74, 6) is 2.58. The van der Waals surface area contributed by atoms with Gasteiger partial charge in [0.05, 0.1) is 7.11 Å². The first-order valence-corrected chi connectivity index (χ1v) is 9.48. The number of nitrogens with one attached hydrogen (secondary N) is 2. The van der Waals surface area contributed by atoms with E-state index in [1.54, 1.807) is 19.4 Å². The van der Waals surface area contributed by atoms with Crippen molar-refractivity contribution in [2.75, 3.05) is 20.2 Å². The van der Waals surface area contributed by atoms with Crippen LogP contribution in [0.4, 0.5) is 0 Å². The van der Waals surface area contributed by atoms with Crippen molar-refractivity contribution in [1.82, 2.24) is 15.6 Å². The third-order valence-corrected chi connectivity index (χ3v) is 4.82. The molecule has 2 heterocycles. The normalized spacial score (nSPS) is 14.6. The van der Waals surface area contributed by atoms with Crippen LogP contribution in [-0.2, 0) is 11.3 Å². The SMILES string of the molecule is COc1cccc(Oc2ncccc2CNC(=O)CCC2CCNCC2)c1. The summed E-state index contributed by atoms with van der Waals surface area (Å²) in [5.41, 5.74) is 0.843. The lowest BCUT2D eigenvalue weighted by atomic mass is 9.93. The Bertz CT molecular complexity index is 745. The summed E-state index contributed by atoms with van der Waals surface area (Å²) in [6.45, 7) is 2.53. The highest BCUT2D eigenvalue weighted by atomic mass is 16.5. The Morgan fingerprint density at radius 3 is 2.85 bits per heavy atom. The highest BCUT2D eigenvalue weighted by Crippen LogP contribution is 2.26. The average molecular weight is 369 g/mol. The van der Waals surface area contributed by atoms with Gasteiger partial charge in [-0.25, -0.2) is 4.98 Å². The van der Waals surface area contributed by atoms with E-state index in [-0.39, 0.29) is 5.91 Å². The van der Waals surface area contributed by atoms with Crippen molar-refractivity contribution < 1.29 is 14.3 Å². The second-order valence-corrected chi connectivity index (χ2v) is 6.76. The molecule has 27 heavy (non-hydrogen) atoms. The summed E-state index contributed by atoms with van der Waals surface area (Å²) in [7, 11) is 1.62. The van der Waals surface area contributed by atoms with Crippen molar-refractivity contribution >= 4 is 5.91 Å². The second-order valence-electron chi connectivity index (χ2n) is 6.76. The number of hydrogen-bond acceptors (Lipinski definition) is 5. The largest absolute Gasteiger partial charge is 0.497 e. The fraction of sp³-hybridized carbons (Fsp3) is 0.429. The molecule has 1 aliphatic heterocycles. The van der Waals surface area contributed by atoms with Gasteiger partial charge in [-0.2, -0.15) is 0 Å². The summed E-state index contributed by atoms with van der Waals surface area (Å²) in [4.78, 5) is 16.5. The molecule has 1 aliphatic rings. The molecule has 144 valence electrons. The molecule has 1 fully saturated rings. The molecule has 2 N–H and O–H groups in total. The molecule has 2 aromatic rings. The molecular weight excluding hydrogens is 342 g/mol. The van der Waals surface area contributed by atoms with Crippen molar-refractivity contribution in [3.8, 4) is 17.4 Å². The zero-order valence-corrected chi connectivity index (χ0v) is 15.7. The third kappa shape index (κ3) is 5.96. The first-order valence-electron chi connectivity index (χ1n) is 9.48. The molecule has 0 unspecified atom stereocenters. The maximum absolute atomic E-state index is 12.2. The summed E-state index contributed by atoms with van der Waals surface area (Å²) < 4.78 is 11.1. The fourth-order valence-corrected chi connectivity index (χ4v) is 3.21. The van der Waals surface area contributed by atoms with Gasteiger partial charge in [-0.15, -0.1) is 0 Å². The third-order valence-electron chi connectivity index (χ3n) is 4.82. The Hall–Kier alpha value is -2.60. The molecular formula is C21H27N3O3. The predicted molar refractivity (Wildman–Crippen MR) is 104 cm³/mol. The van der Waals surface area contributed by atoms with Gasteiger partial charge in [-0.05, 0) is 56.5 Å². The number of benzene rings is 1. The number of aromatic nitrogens is 1. The van der Waals surface area contributed by atoms with E-state index < -0.39 is 0 Å². The molecule has 1 saturated heterocycles. The van der Waals surface area contributed by atoms with Crippen LogP contribution < -0.4 is 20.1 Å². The maximum atomic E-state index is 12.2. The topological polar surface area (TPSA) is 72.5 Å². The second kappa shape index (κ2) is 9.92. The molecule has 0 spiro atoms. The van der Waals surface area contributed by atoms with Gasteiger partial charge in [0.15, 0.2) is 0 Å². The lowest BCUT2D eigenvalue weighted by molar-refractivity contribution is -0.121. The van der Waals surface area contributed by atoms with E-state index in [1.165, 1.54) is 0 Å². The molecule has 1 aromatic heterocycles. The van der Waals surface area contributed by atoms with Gasteiger partial charge >= 0.3 is 0 Å². The standard InChI is InChI=1S/C21H27N3O3/c1-26-18-5-2-6-19(14-18)27-21-17(4-3-11-23-21)15-24-20(25)8-7-16-9-12-22-13-10-16/h2-6,11,14,16,22H,7-10,12-13,15H2,1H3,(H,24,25). The minimum atomic E-state index is 0.0738. The highest BCUT2D eigenvalue weighted by Gasteiger charge is 2.15. The van der Waals surface area contributed by atoms with E-state index >= 15 is 0 Å². The van der Waals surface area contributed by atoms with Gasteiger partial charge in [-0.1, -0.05) is 12.1 Å². The number of pyridine rings is 1. The summed E-state index contributed by atoms with van der Waals surface area (Å²) >= 11 is 0. The predicted octanol–water partition coefficient (Wildman–Crippen LogP) is 3.28. The minimum Gasteiger partial charge on any atom is -0.497 e. The lowest BCUT2D eigenvalue weighted by Crippen LogP contribution is -2.29. The zero-order chi connectivity index (χ0) is 18.9.